The molecule has 0 aliphatic carbocycles. The highest BCUT2D eigenvalue weighted by molar-refractivity contribution is 5.93. The molecule has 1 aromatic rings. The second kappa shape index (κ2) is 4.85. The average Bonchev–Trinajstić information content (AvgIpc) is 2.24. The molecule has 0 fully saturated rings. The first-order valence-electron chi connectivity index (χ1n) is 4.39. The van der Waals surface area contributed by atoms with Crippen LogP contribution in [0.4, 0.5) is 24.7 Å². The highest BCUT2D eigenvalue weighted by atomic mass is 19.4. The first-order chi connectivity index (χ1) is 8.20. The van der Waals surface area contributed by atoms with Gasteiger partial charge in [-0.15, -0.1) is 0 Å². The molecular weight excluding hydrogens is 259 g/mol. The molecule has 98 valence electrons. The van der Waals surface area contributed by atoms with Crippen molar-refractivity contribution in [1.82, 2.24) is 4.98 Å². The summed E-state index contributed by atoms with van der Waals surface area (Å²) >= 11 is 0. The molecule has 0 bridgehead atoms. The fourth-order valence-electron chi connectivity index (χ4n) is 1.05. The predicted octanol–water partition coefficient (Wildman–Crippen LogP) is 1.66. The van der Waals surface area contributed by atoms with Crippen molar-refractivity contribution in [3.8, 4) is 0 Å². The zero-order valence-corrected chi connectivity index (χ0v) is 8.56. The van der Waals surface area contributed by atoms with Crippen LogP contribution >= 0.6 is 0 Å². The maximum Gasteiger partial charge on any atom is 0.405 e. The molecule has 1 aromatic heterocycles. The molecule has 0 aromatic carbocycles. The quantitative estimate of drug-likeness (QED) is 0.633. The first kappa shape index (κ1) is 13.7. The van der Waals surface area contributed by atoms with Crippen LogP contribution in [0.25, 0.3) is 0 Å². The molecule has 0 saturated heterocycles. The smallest absolute Gasteiger partial charge is 0.405 e. The van der Waals surface area contributed by atoms with Crippen molar-refractivity contribution in [1.29, 1.82) is 0 Å². The number of anilines is 1. The summed E-state index contributed by atoms with van der Waals surface area (Å²) in [4.78, 5) is 23.5. The van der Waals surface area contributed by atoms with Gasteiger partial charge in [-0.05, 0) is 0 Å². The number of hydrogen-bond acceptors (Lipinski definition) is 5. The molecule has 7 nitrogen and oxygen atoms in total. The van der Waals surface area contributed by atoms with Crippen LogP contribution < -0.4 is 5.32 Å². The molecule has 0 atom stereocenters. The summed E-state index contributed by atoms with van der Waals surface area (Å²) in [5.41, 5.74) is -1.53. The van der Waals surface area contributed by atoms with E-state index < -0.39 is 40.7 Å². The molecule has 0 aliphatic rings. The standard InChI is InChI=1S/C8H6F3N3O4/c9-8(10,11)3-13-6-1-4(7(15)16)5(2-12-6)14(17)18/h1-2H,3H2,(H,12,13)(H,15,16). The lowest BCUT2D eigenvalue weighted by atomic mass is 10.2. The molecular formula is C8H6F3N3O4. The molecule has 0 amide bonds. The van der Waals surface area contributed by atoms with Crippen molar-refractivity contribution in [3.63, 3.8) is 0 Å². The van der Waals surface area contributed by atoms with E-state index in [0.29, 0.717) is 12.3 Å². The third-order valence-corrected chi connectivity index (χ3v) is 1.78. The largest absolute Gasteiger partial charge is 0.477 e. The summed E-state index contributed by atoms with van der Waals surface area (Å²) in [6.45, 7) is -1.42. The van der Waals surface area contributed by atoms with Gasteiger partial charge in [0.2, 0.25) is 0 Å². The summed E-state index contributed by atoms with van der Waals surface area (Å²) in [7, 11) is 0. The Kier molecular flexibility index (Phi) is 3.69. The van der Waals surface area contributed by atoms with Gasteiger partial charge in [0.05, 0.1) is 4.92 Å². The second-order valence-corrected chi connectivity index (χ2v) is 3.12. The number of nitro groups is 1. The van der Waals surface area contributed by atoms with Crippen LogP contribution in [0.15, 0.2) is 12.3 Å². The van der Waals surface area contributed by atoms with Crippen molar-refractivity contribution in [2.75, 3.05) is 11.9 Å². The summed E-state index contributed by atoms with van der Waals surface area (Å²) in [5, 5.41) is 21.0. The number of carbonyl (C=O) groups is 1. The van der Waals surface area contributed by atoms with Crippen molar-refractivity contribution < 1.29 is 28.0 Å². The zero-order valence-electron chi connectivity index (χ0n) is 8.56. The van der Waals surface area contributed by atoms with Crippen LogP contribution in [0.2, 0.25) is 0 Å². The van der Waals surface area contributed by atoms with E-state index in [-0.39, 0.29) is 0 Å². The number of nitrogens with zero attached hydrogens (tertiary/aromatic N) is 2. The lowest BCUT2D eigenvalue weighted by Gasteiger charge is -2.09. The number of carboxylic acids is 1. The van der Waals surface area contributed by atoms with Crippen molar-refractivity contribution in [3.05, 3.63) is 27.9 Å². The lowest BCUT2D eigenvalue weighted by molar-refractivity contribution is -0.385. The van der Waals surface area contributed by atoms with E-state index in [0.717, 1.165) is 0 Å². The molecule has 0 radical (unpaired) electrons. The van der Waals surface area contributed by atoms with Crippen LogP contribution in [-0.4, -0.2) is 33.7 Å². The maximum atomic E-state index is 11.9. The number of alkyl halides is 3. The molecule has 0 saturated carbocycles. The fourth-order valence-corrected chi connectivity index (χ4v) is 1.05. The van der Waals surface area contributed by atoms with Gasteiger partial charge < -0.3 is 10.4 Å². The number of aromatic nitrogens is 1. The minimum absolute atomic E-state index is 0.407. The van der Waals surface area contributed by atoms with Crippen LogP contribution in [0.5, 0.6) is 0 Å². The Morgan fingerprint density at radius 1 is 1.56 bits per heavy atom. The summed E-state index contributed by atoms with van der Waals surface area (Å²) < 4.78 is 35.7. The van der Waals surface area contributed by atoms with E-state index in [4.69, 9.17) is 5.11 Å². The summed E-state index contributed by atoms with van der Waals surface area (Å²) in [6, 6.07) is 0.673. The van der Waals surface area contributed by atoms with E-state index in [1.165, 1.54) is 0 Å². The number of carboxylic acid groups (broad SMARTS) is 1. The number of aromatic carboxylic acids is 1. The SMILES string of the molecule is O=C(O)c1cc(NCC(F)(F)F)ncc1[N+](=O)[O-]. The van der Waals surface area contributed by atoms with E-state index in [9.17, 15) is 28.1 Å². The fraction of sp³-hybridized carbons (Fsp3) is 0.250. The Morgan fingerprint density at radius 2 is 2.17 bits per heavy atom. The third kappa shape index (κ3) is 3.57. The van der Waals surface area contributed by atoms with Gasteiger partial charge in [-0.1, -0.05) is 0 Å². The van der Waals surface area contributed by atoms with Gasteiger partial charge in [-0.2, -0.15) is 13.2 Å². The van der Waals surface area contributed by atoms with E-state index in [1.807, 2.05) is 5.32 Å². The van der Waals surface area contributed by atoms with E-state index >= 15 is 0 Å². The molecule has 0 aliphatic heterocycles. The molecule has 10 heteroatoms. The molecule has 0 unspecified atom stereocenters. The number of hydrogen-bond donors (Lipinski definition) is 2. The van der Waals surface area contributed by atoms with Gasteiger partial charge in [-0.25, -0.2) is 9.78 Å². The Bertz CT molecular complexity index is 489. The molecule has 1 heterocycles. The minimum Gasteiger partial charge on any atom is -0.477 e. The molecule has 2 N–H and O–H groups in total. The monoisotopic (exact) mass is 265 g/mol. The first-order valence-corrected chi connectivity index (χ1v) is 4.39. The van der Waals surface area contributed by atoms with Gasteiger partial charge in [-0.3, -0.25) is 10.1 Å². The topological polar surface area (TPSA) is 105 Å². The van der Waals surface area contributed by atoms with Crippen LogP contribution in [0, 0.1) is 10.1 Å². The number of rotatable bonds is 4. The Morgan fingerprint density at radius 3 is 2.61 bits per heavy atom. The number of nitrogens with one attached hydrogen (secondary N) is 1. The average molecular weight is 265 g/mol. The van der Waals surface area contributed by atoms with Gasteiger partial charge in [0, 0.05) is 6.07 Å². The molecule has 1 rings (SSSR count). The minimum atomic E-state index is -4.51. The van der Waals surface area contributed by atoms with E-state index in [2.05, 4.69) is 4.98 Å². The highest BCUT2D eigenvalue weighted by Crippen LogP contribution is 2.21. The van der Waals surface area contributed by atoms with Crippen LogP contribution in [-0.2, 0) is 0 Å². The maximum absolute atomic E-state index is 11.9. The molecule has 0 spiro atoms. The lowest BCUT2D eigenvalue weighted by Crippen LogP contribution is -2.22. The number of pyridine rings is 1. The predicted molar refractivity (Wildman–Crippen MR) is 52.4 cm³/mol. The van der Waals surface area contributed by atoms with Crippen molar-refractivity contribution in [2.45, 2.75) is 6.18 Å². The van der Waals surface area contributed by atoms with Gasteiger partial charge in [0.15, 0.2) is 0 Å². The normalized spacial score (nSPS) is 11.1. The van der Waals surface area contributed by atoms with Gasteiger partial charge in [0.25, 0.3) is 0 Å². The van der Waals surface area contributed by atoms with Crippen LogP contribution in [0.3, 0.4) is 0 Å². The van der Waals surface area contributed by atoms with Crippen molar-refractivity contribution in [2.24, 2.45) is 0 Å². The Labute approximate surface area is 97.4 Å². The van der Waals surface area contributed by atoms with Gasteiger partial charge >= 0.3 is 17.8 Å². The number of halogens is 3. The van der Waals surface area contributed by atoms with Gasteiger partial charge in [0.1, 0.15) is 24.1 Å². The Balaban J connectivity index is 3.01. The molecule has 18 heavy (non-hydrogen) atoms. The summed E-state index contributed by atoms with van der Waals surface area (Å²) in [5.74, 6) is -2.03. The summed E-state index contributed by atoms with van der Waals surface area (Å²) in [6.07, 6.45) is -3.92. The van der Waals surface area contributed by atoms with Crippen LogP contribution in [0.1, 0.15) is 10.4 Å². The zero-order chi connectivity index (χ0) is 13.9. The Hall–Kier alpha value is -2.39. The van der Waals surface area contributed by atoms with E-state index in [1.54, 1.807) is 0 Å². The third-order valence-electron chi connectivity index (χ3n) is 1.78. The van der Waals surface area contributed by atoms with Crippen molar-refractivity contribution >= 4 is 17.5 Å². The second-order valence-electron chi connectivity index (χ2n) is 3.12. The highest BCUT2D eigenvalue weighted by Gasteiger charge is 2.27.